The SMILES string of the molecule is Cc1ccc(C(OC[C@H]2O[C@@H](n3cc(C#CCCC(=O)NCCN4C5(c6ccc(Cl)cc6S4(=O)=O)c4cc6c7c(c4Oc4c5cc5c8c4CCCN8CCC5)CCCN7CCC6)c(=O)[nH]c3=O)CC2O)(c2ccccc2)c2ccc(C)cc2)cc1. The van der Waals surface area contributed by atoms with E-state index >= 15 is 8.42 Å². The molecule has 7 aliphatic heterocycles. The van der Waals surface area contributed by atoms with Crippen LogP contribution in [0.15, 0.2) is 130 Å². The molecule has 1 fully saturated rings. The molecule has 15 nitrogen and oxygen atoms in total. The maximum absolute atomic E-state index is 15.5. The zero-order valence-electron chi connectivity index (χ0n) is 47.7. The van der Waals surface area contributed by atoms with Gasteiger partial charge in [-0.15, -0.1) is 0 Å². The van der Waals surface area contributed by atoms with Crippen LogP contribution in [-0.4, -0.2) is 91.4 Å². The first-order valence-electron chi connectivity index (χ1n) is 29.9. The maximum Gasteiger partial charge on any atom is 0.330 e. The van der Waals surface area contributed by atoms with Crippen LogP contribution < -0.4 is 31.1 Å². The third-order valence-corrected chi connectivity index (χ3v) is 20.7. The van der Waals surface area contributed by atoms with Crippen LogP contribution >= 0.6 is 11.6 Å². The van der Waals surface area contributed by atoms with Crippen molar-refractivity contribution in [1.82, 2.24) is 19.2 Å². The number of halogens is 1. The van der Waals surface area contributed by atoms with Crippen LogP contribution in [-0.2, 0) is 61.1 Å². The molecule has 1 aromatic heterocycles. The predicted molar refractivity (Wildman–Crippen MR) is 326 cm³/mol. The van der Waals surface area contributed by atoms with Gasteiger partial charge in [0.25, 0.3) is 5.56 Å². The number of hydrogen-bond donors (Lipinski definition) is 3. The molecule has 1 amide bonds. The van der Waals surface area contributed by atoms with Crippen molar-refractivity contribution < 1.29 is 32.5 Å². The number of aromatic amines is 1. The number of nitrogens with one attached hydrogen (secondary N) is 2. The van der Waals surface area contributed by atoms with E-state index in [9.17, 15) is 19.5 Å². The van der Waals surface area contributed by atoms with Crippen molar-refractivity contribution in [2.75, 3.05) is 55.7 Å². The van der Waals surface area contributed by atoms with Crippen LogP contribution in [0.1, 0.15) is 123 Å². The van der Waals surface area contributed by atoms with Crippen molar-refractivity contribution in [2.45, 2.75) is 119 Å². The fourth-order valence-electron chi connectivity index (χ4n) is 14.7. The smallest absolute Gasteiger partial charge is 0.330 e. The number of sulfonamides is 1. The van der Waals surface area contributed by atoms with E-state index in [-0.39, 0.29) is 55.3 Å². The van der Waals surface area contributed by atoms with Gasteiger partial charge >= 0.3 is 5.69 Å². The molecule has 3 atom stereocenters. The molecule has 85 heavy (non-hydrogen) atoms. The number of aliphatic hydroxyl groups excluding tert-OH is 1. The number of H-pyrrole nitrogens is 1. The van der Waals surface area contributed by atoms with Gasteiger partial charge in [0, 0.05) is 109 Å². The average Bonchev–Trinajstić information content (AvgIpc) is 1.60. The number of ether oxygens (including phenoxy) is 3. The second-order valence-electron chi connectivity index (χ2n) is 23.8. The van der Waals surface area contributed by atoms with E-state index in [1.54, 1.807) is 16.4 Å². The lowest BCUT2D eigenvalue weighted by molar-refractivity contribution is -0.121. The monoisotopic (exact) mass is 1180 g/mol. The summed E-state index contributed by atoms with van der Waals surface area (Å²) >= 11 is 6.71. The molecular formula is C68H67ClN6O9S. The summed E-state index contributed by atoms with van der Waals surface area (Å²) in [5.41, 5.74) is 10.4. The summed E-state index contributed by atoms with van der Waals surface area (Å²) in [4.78, 5) is 47.9. The molecule has 0 radical (unpaired) electrons. The first-order chi connectivity index (χ1) is 41.2. The van der Waals surface area contributed by atoms with Crippen molar-refractivity contribution in [3.05, 3.63) is 214 Å². The third-order valence-electron chi connectivity index (χ3n) is 18.6. The summed E-state index contributed by atoms with van der Waals surface area (Å²) < 4.78 is 54.6. The van der Waals surface area contributed by atoms with Crippen molar-refractivity contribution in [2.24, 2.45) is 0 Å². The van der Waals surface area contributed by atoms with E-state index in [0.717, 1.165) is 139 Å². The Bertz CT molecular complexity index is 4010. The molecule has 0 bridgehead atoms. The van der Waals surface area contributed by atoms with Crippen LogP contribution in [0.3, 0.4) is 0 Å². The number of aryl methyl sites for hydroxylation is 4. The van der Waals surface area contributed by atoms with Gasteiger partial charge in [-0.05, 0) is 117 Å². The van der Waals surface area contributed by atoms with Gasteiger partial charge in [-0.3, -0.25) is 19.1 Å². The van der Waals surface area contributed by atoms with Crippen LogP contribution in [0.2, 0.25) is 5.02 Å². The quantitative estimate of drug-likeness (QED) is 0.0786. The summed E-state index contributed by atoms with van der Waals surface area (Å²) in [6.07, 6.45) is 5.82. The van der Waals surface area contributed by atoms with E-state index < -0.39 is 50.8 Å². The standard InChI is InChI=1S/C68H67ClN6O9S/c1-42-20-24-48(25-21-42)68(47-15-4-3-5-16-47,49-26-22-43(2)23-27-49)82-41-57-56(76)39-60(83-57)74-40-46(65(78)71-66(74)79)12-6-7-19-59(77)70-30-35-75-67(53-29-28-50(69)38-58(53)85(75,80)81)54-36-44-13-8-31-72-33-10-17-51(61(44)72)63(54)84-64-52-18-11-34-73-32-9-14-45(62(52)73)37-55(64)67/h3-5,15-16,20-29,36-38,40,56-57,60,76H,7-11,13-14,17-19,30-35,39,41H2,1-2H3,(H,70,77)(H,71,78,79)/t56?,57-,60-/m1/s1. The molecule has 14 rings (SSSR count). The molecule has 3 N–H and O–H groups in total. The lowest BCUT2D eigenvalue weighted by Crippen LogP contribution is -2.50. The number of aromatic nitrogens is 2. The molecule has 7 aromatic rings. The molecule has 17 heteroatoms. The fourth-order valence-corrected chi connectivity index (χ4v) is 16.9. The summed E-state index contributed by atoms with van der Waals surface area (Å²) in [5.74, 6) is 6.92. The zero-order chi connectivity index (χ0) is 58.4. The minimum absolute atomic E-state index is 0.00726. The topological polar surface area (TPSA) is 176 Å². The Balaban J connectivity index is 0.708. The van der Waals surface area contributed by atoms with E-state index in [2.05, 4.69) is 44.1 Å². The number of aliphatic hydroxyl groups is 1. The van der Waals surface area contributed by atoms with Crippen LogP contribution in [0.4, 0.5) is 11.4 Å². The molecule has 0 aliphatic carbocycles. The molecule has 1 unspecified atom stereocenters. The molecule has 8 heterocycles. The number of benzene rings is 6. The molecule has 1 spiro atoms. The van der Waals surface area contributed by atoms with Crippen LogP contribution in [0.25, 0.3) is 0 Å². The highest BCUT2D eigenvalue weighted by molar-refractivity contribution is 7.89. The Morgan fingerprint density at radius 1 is 0.788 bits per heavy atom. The van der Waals surface area contributed by atoms with Gasteiger partial charge in [-0.2, -0.15) is 4.31 Å². The maximum atomic E-state index is 15.5. The van der Waals surface area contributed by atoms with Gasteiger partial charge in [-0.1, -0.05) is 119 Å². The number of carbonyl (C=O) groups excluding carboxylic acids is 1. The van der Waals surface area contributed by atoms with E-state index in [1.807, 2.05) is 98.8 Å². The summed E-state index contributed by atoms with van der Waals surface area (Å²) in [5, 5.41) is 14.8. The van der Waals surface area contributed by atoms with Gasteiger partial charge in [-0.25, -0.2) is 13.2 Å². The lowest BCUT2D eigenvalue weighted by atomic mass is 9.70. The first-order valence-corrected chi connectivity index (χ1v) is 31.7. The average molecular weight is 1180 g/mol. The number of nitrogens with zero attached hydrogens (tertiary/aromatic N) is 4. The van der Waals surface area contributed by atoms with Crippen molar-refractivity contribution >= 4 is 38.9 Å². The molecule has 1 saturated heterocycles. The van der Waals surface area contributed by atoms with Gasteiger partial charge in [0.2, 0.25) is 15.9 Å². The lowest BCUT2D eigenvalue weighted by Gasteiger charge is -2.48. The van der Waals surface area contributed by atoms with E-state index in [1.165, 1.54) is 33.3 Å². The van der Waals surface area contributed by atoms with Crippen LogP contribution in [0.5, 0.6) is 11.5 Å². The molecular weight excluding hydrogens is 1110 g/mol. The van der Waals surface area contributed by atoms with Gasteiger partial charge < -0.3 is 34.4 Å². The molecule has 6 aromatic carbocycles. The molecule has 0 saturated carbocycles. The van der Waals surface area contributed by atoms with E-state index in [4.69, 9.17) is 25.8 Å². The Morgan fingerprint density at radius 2 is 1.38 bits per heavy atom. The Morgan fingerprint density at radius 3 is 1.99 bits per heavy atom. The van der Waals surface area contributed by atoms with E-state index in [0.29, 0.717) is 10.6 Å². The third kappa shape index (κ3) is 9.23. The Hall–Kier alpha value is -7.49. The number of rotatable bonds is 12. The Labute approximate surface area is 499 Å². The second-order valence-corrected chi connectivity index (χ2v) is 26.0. The van der Waals surface area contributed by atoms with Crippen molar-refractivity contribution in [1.29, 1.82) is 0 Å². The zero-order valence-corrected chi connectivity index (χ0v) is 49.3. The number of fused-ring (bicyclic) bond motifs is 8. The first kappa shape index (κ1) is 55.4. The van der Waals surface area contributed by atoms with Gasteiger partial charge in [0.1, 0.15) is 40.5 Å². The summed E-state index contributed by atoms with van der Waals surface area (Å²) in [6, 6.07) is 35.9. The predicted octanol–water partition coefficient (Wildman–Crippen LogP) is 9.21. The number of carbonyl (C=O) groups is 1. The van der Waals surface area contributed by atoms with Gasteiger partial charge in [0.15, 0.2) is 0 Å². The molecule has 7 aliphatic rings. The summed E-state index contributed by atoms with van der Waals surface area (Å²) in [6.45, 7) is 7.82. The van der Waals surface area contributed by atoms with Crippen molar-refractivity contribution in [3.8, 4) is 23.3 Å². The second kappa shape index (κ2) is 21.8. The van der Waals surface area contributed by atoms with Crippen LogP contribution in [0, 0.1) is 25.7 Å². The van der Waals surface area contributed by atoms with Crippen molar-refractivity contribution in [3.63, 3.8) is 0 Å². The van der Waals surface area contributed by atoms with Gasteiger partial charge in [0.05, 0.1) is 17.6 Å². The highest BCUT2D eigenvalue weighted by Gasteiger charge is 2.61. The fraction of sp³-hybridized carbons (Fsp3) is 0.368. The Kier molecular flexibility index (Phi) is 14.2. The highest BCUT2D eigenvalue weighted by atomic mass is 35.5. The summed E-state index contributed by atoms with van der Waals surface area (Å²) in [7, 11) is -4.24. The molecule has 436 valence electrons. The number of anilines is 2. The largest absolute Gasteiger partial charge is 0.456 e. The number of hydrogen-bond acceptors (Lipinski definition) is 11. The normalized spacial score (nSPS) is 20.3. The minimum Gasteiger partial charge on any atom is -0.456 e. The number of amides is 1. The highest BCUT2D eigenvalue weighted by Crippen LogP contribution is 2.64. The minimum atomic E-state index is -4.24.